The van der Waals surface area contributed by atoms with Crippen molar-refractivity contribution in [1.29, 1.82) is 0 Å². The van der Waals surface area contributed by atoms with Gasteiger partial charge in [-0.2, -0.15) is 0 Å². The molecule has 12 aromatic rings. The van der Waals surface area contributed by atoms with E-state index in [4.69, 9.17) is 0 Å². The Labute approximate surface area is 366 Å². The minimum absolute atomic E-state index is 0.420. The molecule has 0 heterocycles. The minimum Gasteiger partial charge on any atom is -0.0619 e. The Morgan fingerprint density at radius 3 is 1.19 bits per heavy atom. The lowest BCUT2D eigenvalue weighted by molar-refractivity contribution is 0.796. The highest BCUT2D eigenvalue weighted by Crippen LogP contribution is 2.63. The van der Waals surface area contributed by atoms with Crippen LogP contribution in [0, 0.1) is 0 Å². The Bertz CT molecular complexity index is 3800. The van der Waals surface area contributed by atoms with Crippen molar-refractivity contribution in [3.8, 4) is 55.6 Å². The summed E-state index contributed by atoms with van der Waals surface area (Å²) in [5, 5.41) is 12.6. The molecule has 0 N–H and O–H groups in total. The first-order valence-corrected chi connectivity index (χ1v) is 22.1. The number of fused-ring (bicyclic) bond motifs is 15. The predicted octanol–water partition coefficient (Wildman–Crippen LogP) is 16.8. The molecule has 0 nitrogen and oxygen atoms in total. The van der Waals surface area contributed by atoms with Crippen LogP contribution in [0.3, 0.4) is 0 Å². The Balaban J connectivity index is 0.976. The fourth-order valence-electron chi connectivity index (χ4n) is 11.7. The molecule has 0 bridgehead atoms. The maximum absolute atomic E-state index is 2.54. The largest absolute Gasteiger partial charge is 0.0725 e. The van der Waals surface area contributed by atoms with Gasteiger partial charge in [0.1, 0.15) is 0 Å². The summed E-state index contributed by atoms with van der Waals surface area (Å²) < 4.78 is 0. The molecule has 0 unspecified atom stereocenters. The van der Waals surface area contributed by atoms with Crippen LogP contribution >= 0.6 is 0 Å². The molecule has 1 spiro atoms. The Morgan fingerprint density at radius 1 is 0.206 bits per heavy atom. The molecule has 0 radical (unpaired) electrons. The summed E-state index contributed by atoms with van der Waals surface area (Å²) in [5.74, 6) is 0. The van der Waals surface area contributed by atoms with Crippen LogP contribution in [0.1, 0.15) is 22.3 Å². The van der Waals surface area contributed by atoms with Crippen LogP contribution in [0.25, 0.3) is 109 Å². The van der Waals surface area contributed by atoms with Crippen molar-refractivity contribution in [1.82, 2.24) is 0 Å². The van der Waals surface area contributed by atoms with Crippen molar-refractivity contribution in [2.75, 3.05) is 0 Å². The SMILES string of the molecule is c1ccc2c(c1)-c1ccccc1C21c2cc3ccccc3cc2-c2cc3ccc(-c4c5ccccc5c(-c5ccc(-c6ccc7ccccc7c6)cc5)c5ccccc45)cc3cc21. The second-order valence-electron chi connectivity index (χ2n) is 17.5. The quantitative estimate of drug-likeness (QED) is 0.156. The average Bonchev–Trinajstić information content (AvgIpc) is 3.80. The highest BCUT2D eigenvalue weighted by molar-refractivity contribution is 6.22. The molecule has 0 aromatic heterocycles. The van der Waals surface area contributed by atoms with Crippen LogP contribution in [0.5, 0.6) is 0 Å². The van der Waals surface area contributed by atoms with E-state index in [0.29, 0.717) is 0 Å². The van der Waals surface area contributed by atoms with E-state index in [9.17, 15) is 0 Å². The van der Waals surface area contributed by atoms with Gasteiger partial charge in [-0.1, -0.05) is 194 Å². The van der Waals surface area contributed by atoms with E-state index in [1.165, 1.54) is 132 Å². The van der Waals surface area contributed by atoms with E-state index in [-0.39, 0.29) is 0 Å². The predicted molar refractivity (Wildman–Crippen MR) is 267 cm³/mol. The van der Waals surface area contributed by atoms with Crippen LogP contribution < -0.4 is 0 Å². The molecule has 14 rings (SSSR count). The van der Waals surface area contributed by atoms with E-state index in [1.54, 1.807) is 0 Å². The monoisotopic (exact) mass is 794 g/mol. The standard InChI is InChI=1S/C63H38/c1-2-14-42-33-45(30-27-39(42)13-1)40-25-28-41(29-26-40)61-51-19-5-7-21-53(51)62(54-22-8-6-20-52(54)61)47-32-31-46-36-56-55-35-43-15-3-4-16-44(43)37-59(55)63(60(56)38-48(46)34-47)57-23-11-9-17-49(57)50-18-10-12-24-58(50)63/h1-38H. The van der Waals surface area contributed by atoms with Gasteiger partial charge in [0.2, 0.25) is 0 Å². The van der Waals surface area contributed by atoms with Crippen LogP contribution in [0.2, 0.25) is 0 Å². The van der Waals surface area contributed by atoms with Crippen molar-refractivity contribution in [2.24, 2.45) is 0 Å². The third-order valence-corrected chi connectivity index (χ3v) is 14.4. The molecule has 12 aromatic carbocycles. The summed E-state index contributed by atoms with van der Waals surface area (Å²) in [6, 6.07) is 86.8. The van der Waals surface area contributed by atoms with Crippen molar-refractivity contribution >= 4 is 53.9 Å². The lowest BCUT2D eigenvalue weighted by Gasteiger charge is -2.30. The molecular formula is C63H38. The zero-order valence-corrected chi connectivity index (χ0v) is 34.4. The summed E-state index contributed by atoms with van der Waals surface area (Å²) in [7, 11) is 0. The molecule has 2 aliphatic rings. The maximum Gasteiger partial charge on any atom is 0.0725 e. The second kappa shape index (κ2) is 13.0. The zero-order chi connectivity index (χ0) is 41.2. The van der Waals surface area contributed by atoms with E-state index < -0.39 is 5.41 Å². The Morgan fingerprint density at radius 2 is 0.587 bits per heavy atom. The van der Waals surface area contributed by atoms with Gasteiger partial charge in [-0.15, -0.1) is 0 Å². The summed E-state index contributed by atoms with van der Waals surface area (Å²) in [4.78, 5) is 0. The first-order chi connectivity index (χ1) is 31.2. The molecule has 0 saturated carbocycles. The lowest BCUT2D eigenvalue weighted by Crippen LogP contribution is -2.25. The van der Waals surface area contributed by atoms with Crippen LogP contribution in [0.4, 0.5) is 0 Å². The first-order valence-electron chi connectivity index (χ1n) is 22.1. The molecule has 0 saturated heterocycles. The van der Waals surface area contributed by atoms with Crippen LogP contribution in [-0.2, 0) is 5.41 Å². The molecule has 290 valence electrons. The highest BCUT2D eigenvalue weighted by Gasteiger charge is 2.51. The molecule has 0 heteroatoms. The summed E-state index contributed by atoms with van der Waals surface area (Å²) >= 11 is 0. The fraction of sp³-hybridized carbons (Fsp3) is 0.0159. The van der Waals surface area contributed by atoms with Gasteiger partial charge in [-0.05, 0) is 168 Å². The third-order valence-electron chi connectivity index (χ3n) is 14.4. The summed E-state index contributed by atoms with van der Waals surface area (Å²) in [6.45, 7) is 0. The van der Waals surface area contributed by atoms with E-state index in [1.807, 2.05) is 0 Å². The van der Waals surface area contributed by atoms with E-state index >= 15 is 0 Å². The first kappa shape index (κ1) is 34.6. The number of hydrogen-bond donors (Lipinski definition) is 0. The summed E-state index contributed by atoms with van der Waals surface area (Å²) in [6.07, 6.45) is 0. The number of benzene rings is 12. The number of hydrogen-bond acceptors (Lipinski definition) is 0. The molecule has 0 fully saturated rings. The topological polar surface area (TPSA) is 0 Å². The van der Waals surface area contributed by atoms with Gasteiger partial charge in [-0.25, -0.2) is 0 Å². The zero-order valence-electron chi connectivity index (χ0n) is 34.4. The van der Waals surface area contributed by atoms with Crippen molar-refractivity contribution < 1.29 is 0 Å². The van der Waals surface area contributed by atoms with Gasteiger partial charge < -0.3 is 0 Å². The van der Waals surface area contributed by atoms with Gasteiger partial charge in [0.05, 0.1) is 5.41 Å². The average molecular weight is 795 g/mol. The van der Waals surface area contributed by atoms with Gasteiger partial charge in [0.15, 0.2) is 0 Å². The van der Waals surface area contributed by atoms with E-state index in [0.717, 1.165) is 0 Å². The third kappa shape index (κ3) is 4.81. The fourth-order valence-corrected chi connectivity index (χ4v) is 11.7. The molecule has 0 amide bonds. The van der Waals surface area contributed by atoms with Gasteiger partial charge in [0, 0.05) is 0 Å². The Hall–Kier alpha value is -8.06. The molecule has 0 atom stereocenters. The normalized spacial score (nSPS) is 13.2. The van der Waals surface area contributed by atoms with Crippen molar-refractivity contribution in [2.45, 2.75) is 5.41 Å². The van der Waals surface area contributed by atoms with Gasteiger partial charge >= 0.3 is 0 Å². The molecule has 2 aliphatic carbocycles. The van der Waals surface area contributed by atoms with Crippen LogP contribution in [-0.4, -0.2) is 0 Å². The molecular weight excluding hydrogens is 757 g/mol. The minimum atomic E-state index is -0.420. The number of rotatable bonds is 3. The van der Waals surface area contributed by atoms with Crippen LogP contribution in [0.15, 0.2) is 231 Å². The highest BCUT2D eigenvalue weighted by atomic mass is 14.5. The smallest absolute Gasteiger partial charge is 0.0619 e. The summed E-state index contributed by atoms with van der Waals surface area (Å²) in [5.41, 5.74) is 17.9. The van der Waals surface area contributed by atoms with Gasteiger partial charge in [0.25, 0.3) is 0 Å². The molecule has 0 aliphatic heterocycles. The van der Waals surface area contributed by atoms with Crippen molar-refractivity contribution in [3.63, 3.8) is 0 Å². The second-order valence-corrected chi connectivity index (χ2v) is 17.5. The van der Waals surface area contributed by atoms with E-state index in [2.05, 4.69) is 231 Å². The van der Waals surface area contributed by atoms with Gasteiger partial charge in [-0.3, -0.25) is 0 Å². The lowest BCUT2D eigenvalue weighted by atomic mass is 9.70. The Kier molecular flexibility index (Phi) is 7.13. The van der Waals surface area contributed by atoms with Crippen molar-refractivity contribution in [3.05, 3.63) is 253 Å². The molecule has 63 heavy (non-hydrogen) atoms. The maximum atomic E-state index is 2.54.